The van der Waals surface area contributed by atoms with Crippen molar-refractivity contribution in [3.8, 4) is 0 Å². The predicted molar refractivity (Wildman–Crippen MR) is 57.3 cm³/mol. The van der Waals surface area contributed by atoms with Crippen molar-refractivity contribution < 1.29 is 9.59 Å². The van der Waals surface area contributed by atoms with Crippen molar-refractivity contribution in [3.63, 3.8) is 0 Å². The maximum atomic E-state index is 11.8. The van der Waals surface area contributed by atoms with E-state index in [1.807, 2.05) is 25.1 Å². The summed E-state index contributed by atoms with van der Waals surface area (Å²) in [4.78, 5) is 26.4. The molecule has 1 aromatic carbocycles. The van der Waals surface area contributed by atoms with E-state index in [-0.39, 0.29) is 11.7 Å². The zero-order valence-electron chi connectivity index (χ0n) is 8.70. The molecule has 0 bridgehead atoms. The molecule has 3 heteroatoms. The maximum Gasteiger partial charge on any atom is 0.242 e. The fourth-order valence-corrected chi connectivity index (χ4v) is 1.75. The topological polar surface area (TPSA) is 46.5 Å². The molecule has 0 heterocycles. The Balaban J connectivity index is 2.46. The van der Waals surface area contributed by atoms with E-state index in [0.29, 0.717) is 17.7 Å². The van der Waals surface area contributed by atoms with Crippen molar-refractivity contribution in [2.24, 2.45) is 4.99 Å². The minimum atomic E-state index is -0.317. The van der Waals surface area contributed by atoms with E-state index in [4.69, 9.17) is 0 Å². The number of rotatable bonds is 0. The van der Waals surface area contributed by atoms with Crippen LogP contribution in [-0.4, -0.2) is 17.4 Å². The number of Topliss-reactive ketones (excluding diaryl/α,β-unsaturated/α-hetero) is 1. The van der Waals surface area contributed by atoms with Crippen LogP contribution in [0.2, 0.25) is 0 Å². The first-order valence-corrected chi connectivity index (χ1v) is 4.80. The van der Waals surface area contributed by atoms with E-state index < -0.39 is 0 Å². The van der Waals surface area contributed by atoms with Crippen LogP contribution in [0.5, 0.6) is 0 Å². The predicted octanol–water partition coefficient (Wildman–Crippen LogP) is 1.72. The number of hydrogen-bond acceptors (Lipinski definition) is 2. The lowest BCUT2D eigenvalue weighted by atomic mass is 10.1. The first-order valence-electron chi connectivity index (χ1n) is 4.80. The molecular weight excluding hydrogens is 190 g/mol. The van der Waals surface area contributed by atoms with E-state index in [9.17, 15) is 9.59 Å². The minimum absolute atomic E-state index is 0.107. The van der Waals surface area contributed by atoms with Crippen LogP contribution in [0.3, 0.4) is 0 Å². The molecule has 0 aromatic heterocycles. The third kappa shape index (κ3) is 1.73. The number of benzene rings is 1. The normalized spacial score (nSPS) is 16.9. The van der Waals surface area contributed by atoms with Crippen LogP contribution in [0, 0.1) is 6.92 Å². The first-order chi connectivity index (χ1) is 7.08. The zero-order chi connectivity index (χ0) is 11.0. The number of carbonyl (C=O) groups excluding carboxylic acids is 2. The monoisotopic (exact) mass is 201 g/mol. The highest BCUT2D eigenvalue weighted by atomic mass is 16.1. The van der Waals surface area contributed by atoms with Gasteiger partial charge < -0.3 is 0 Å². The molecular formula is C12H11NO2. The number of ketones is 1. The quantitative estimate of drug-likeness (QED) is 0.641. The van der Waals surface area contributed by atoms with Crippen LogP contribution in [0.1, 0.15) is 28.4 Å². The molecule has 15 heavy (non-hydrogen) atoms. The van der Waals surface area contributed by atoms with Crippen LogP contribution < -0.4 is 0 Å². The molecule has 1 aromatic rings. The SMILES string of the molecule is CC(=O)/N=C1\Cc2ccc(C)cc2C1=O. The summed E-state index contributed by atoms with van der Waals surface area (Å²) in [6, 6.07) is 5.73. The van der Waals surface area contributed by atoms with Gasteiger partial charge in [0, 0.05) is 18.9 Å². The number of aryl methyl sites for hydroxylation is 1. The van der Waals surface area contributed by atoms with Crippen LogP contribution in [0.4, 0.5) is 0 Å². The van der Waals surface area contributed by atoms with E-state index >= 15 is 0 Å². The Hall–Kier alpha value is -1.77. The lowest BCUT2D eigenvalue weighted by Gasteiger charge is -1.96. The van der Waals surface area contributed by atoms with Gasteiger partial charge >= 0.3 is 0 Å². The second-order valence-electron chi connectivity index (χ2n) is 3.74. The third-order valence-electron chi connectivity index (χ3n) is 2.42. The largest absolute Gasteiger partial charge is 0.287 e. The van der Waals surface area contributed by atoms with Gasteiger partial charge in [0.25, 0.3) is 0 Å². The summed E-state index contributed by atoms with van der Waals surface area (Å²) < 4.78 is 0. The fourth-order valence-electron chi connectivity index (χ4n) is 1.75. The van der Waals surface area contributed by atoms with E-state index in [1.54, 1.807) is 0 Å². The highest BCUT2D eigenvalue weighted by Crippen LogP contribution is 2.21. The van der Waals surface area contributed by atoms with Crippen molar-refractivity contribution >= 4 is 17.4 Å². The van der Waals surface area contributed by atoms with Gasteiger partial charge in [-0.1, -0.05) is 17.7 Å². The average Bonchev–Trinajstić information content (AvgIpc) is 2.44. The second kappa shape index (κ2) is 3.42. The lowest BCUT2D eigenvalue weighted by molar-refractivity contribution is -0.115. The number of carbonyl (C=O) groups is 2. The molecule has 0 unspecified atom stereocenters. The summed E-state index contributed by atoms with van der Waals surface area (Å²) in [5.41, 5.74) is 3.06. The van der Waals surface area contributed by atoms with Crippen molar-refractivity contribution in [2.75, 3.05) is 0 Å². The van der Waals surface area contributed by atoms with Crippen molar-refractivity contribution in [3.05, 3.63) is 34.9 Å². The summed E-state index contributed by atoms with van der Waals surface area (Å²) in [5, 5.41) is 0. The van der Waals surface area contributed by atoms with Crippen LogP contribution in [0.15, 0.2) is 23.2 Å². The molecule has 0 radical (unpaired) electrons. The molecule has 0 saturated carbocycles. The highest BCUT2D eigenvalue weighted by molar-refractivity contribution is 6.50. The van der Waals surface area contributed by atoms with E-state index in [2.05, 4.69) is 4.99 Å². The van der Waals surface area contributed by atoms with Crippen molar-refractivity contribution in [1.82, 2.24) is 0 Å². The standard InChI is InChI=1S/C12H11NO2/c1-7-3-4-9-6-11(13-8(2)14)12(15)10(9)5-7/h3-5H,6H2,1-2H3/b13-11+. The molecule has 0 fully saturated rings. The van der Waals surface area contributed by atoms with Gasteiger partial charge in [0.05, 0.1) is 5.71 Å². The molecule has 1 aliphatic carbocycles. The van der Waals surface area contributed by atoms with Gasteiger partial charge in [-0.15, -0.1) is 0 Å². The molecule has 1 amide bonds. The number of fused-ring (bicyclic) bond motifs is 1. The molecule has 0 atom stereocenters. The fraction of sp³-hybridized carbons (Fsp3) is 0.250. The van der Waals surface area contributed by atoms with E-state index in [1.165, 1.54) is 6.92 Å². The number of nitrogens with zero attached hydrogens (tertiary/aromatic N) is 1. The molecule has 1 aliphatic rings. The number of amides is 1. The van der Waals surface area contributed by atoms with Gasteiger partial charge in [-0.2, -0.15) is 0 Å². The Morgan fingerprint density at radius 1 is 1.40 bits per heavy atom. The Morgan fingerprint density at radius 3 is 2.80 bits per heavy atom. The molecule has 0 aliphatic heterocycles. The Kier molecular flexibility index (Phi) is 2.23. The smallest absolute Gasteiger partial charge is 0.242 e. The molecule has 0 N–H and O–H groups in total. The molecule has 3 nitrogen and oxygen atoms in total. The van der Waals surface area contributed by atoms with Gasteiger partial charge in [-0.25, -0.2) is 4.99 Å². The first kappa shape index (κ1) is 9.77. The van der Waals surface area contributed by atoms with Gasteiger partial charge in [0.1, 0.15) is 0 Å². The average molecular weight is 201 g/mol. The molecule has 0 saturated heterocycles. The zero-order valence-corrected chi connectivity index (χ0v) is 8.70. The van der Waals surface area contributed by atoms with Crippen LogP contribution >= 0.6 is 0 Å². The third-order valence-corrected chi connectivity index (χ3v) is 2.42. The summed E-state index contributed by atoms with van der Waals surface area (Å²) in [5.74, 6) is -0.424. The van der Waals surface area contributed by atoms with Gasteiger partial charge in [-0.3, -0.25) is 9.59 Å². The Labute approximate surface area is 87.8 Å². The minimum Gasteiger partial charge on any atom is -0.287 e. The summed E-state index contributed by atoms with van der Waals surface area (Å²) in [6.07, 6.45) is 0.480. The number of hydrogen-bond donors (Lipinski definition) is 0. The van der Waals surface area contributed by atoms with Gasteiger partial charge in [0.15, 0.2) is 0 Å². The van der Waals surface area contributed by atoms with Gasteiger partial charge in [0.2, 0.25) is 11.7 Å². The summed E-state index contributed by atoms with van der Waals surface area (Å²) >= 11 is 0. The van der Waals surface area contributed by atoms with Crippen molar-refractivity contribution in [2.45, 2.75) is 20.3 Å². The summed E-state index contributed by atoms with van der Waals surface area (Å²) in [6.45, 7) is 3.29. The Bertz CT molecular complexity index is 486. The highest BCUT2D eigenvalue weighted by Gasteiger charge is 2.26. The molecule has 76 valence electrons. The van der Waals surface area contributed by atoms with Crippen molar-refractivity contribution in [1.29, 1.82) is 0 Å². The van der Waals surface area contributed by atoms with Crippen LogP contribution in [-0.2, 0) is 11.2 Å². The second-order valence-corrected chi connectivity index (χ2v) is 3.74. The maximum absolute atomic E-state index is 11.8. The number of aliphatic imine (C=N–C) groups is 1. The summed E-state index contributed by atoms with van der Waals surface area (Å²) in [7, 11) is 0. The molecule has 2 rings (SSSR count). The van der Waals surface area contributed by atoms with Gasteiger partial charge in [-0.05, 0) is 18.6 Å². The molecule has 0 spiro atoms. The lowest BCUT2D eigenvalue weighted by Crippen LogP contribution is -2.09. The Morgan fingerprint density at radius 2 is 2.13 bits per heavy atom. The van der Waals surface area contributed by atoms with Crippen LogP contribution in [0.25, 0.3) is 0 Å². The van der Waals surface area contributed by atoms with E-state index in [0.717, 1.165) is 11.1 Å².